The van der Waals surface area contributed by atoms with Crippen LogP contribution in [-0.4, -0.2) is 17.9 Å². The van der Waals surface area contributed by atoms with E-state index in [1.807, 2.05) is 71.0 Å². The van der Waals surface area contributed by atoms with Crippen molar-refractivity contribution >= 4 is 17.5 Å². The summed E-state index contributed by atoms with van der Waals surface area (Å²) in [6.07, 6.45) is 0. The molecule has 132 valence electrons. The molecule has 0 bridgehead atoms. The lowest BCUT2D eigenvalue weighted by molar-refractivity contribution is -0.118. The van der Waals surface area contributed by atoms with E-state index in [0.717, 1.165) is 22.4 Å². The highest BCUT2D eigenvalue weighted by Gasteiger charge is 2.25. The third-order valence-electron chi connectivity index (χ3n) is 4.49. The SMILES string of the molecule is Cc1ccccc1C(=O)N[C@H](C(=O)Nc1cccc(C)c1C)C(C)C. The molecule has 2 aromatic carbocycles. The predicted octanol–water partition coefficient (Wildman–Crippen LogP) is 4.00. The summed E-state index contributed by atoms with van der Waals surface area (Å²) in [5.74, 6) is -0.461. The molecule has 0 radical (unpaired) electrons. The molecule has 0 spiro atoms. The zero-order valence-corrected chi connectivity index (χ0v) is 15.5. The predicted molar refractivity (Wildman–Crippen MR) is 102 cm³/mol. The lowest BCUT2D eigenvalue weighted by Gasteiger charge is -2.23. The van der Waals surface area contributed by atoms with Crippen LogP contribution in [0.5, 0.6) is 0 Å². The van der Waals surface area contributed by atoms with E-state index in [0.29, 0.717) is 5.56 Å². The van der Waals surface area contributed by atoms with Gasteiger partial charge in [0.25, 0.3) is 5.91 Å². The Balaban J connectivity index is 2.17. The average Bonchev–Trinajstić information content (AvgIpc) is 2.56. The highest BCUT2D eigenvalue weighted by atomic mass is 16.2. The first-order chi connectivity index (χ1) is 11.8. The molecule has 2 aromatic rings. The highest BCUT2D eigenvalue weighted by Crippen LogP contribution is 2.19. The van der Waals surface area contributed by atoms with Crippen LogP contribution in [0.4, 0.5) is 5.69 Å². The molecule has 0 fully saturated rings. The molecule has 2 amide bonds. The number of nitrogens with one attached hydrogen (secondary N) is 2. The second-order valence-electron chi connectivity index (χ2n) is 6.75. The van der Waals surface area contributed by atoms with Gasteiger partial charge in [-0.1, -0.05) is 44.2 Å². The second kappa shape index (κ2) is 7.97. The zero-order chi connectivity index (χ0) is 18.6. The van der Waals surface area contributed by atoms with E-state index in [1.54, 1.807) is 6.07 Å². The van der Waals surface area contributed by atoms with Crippen LogP contribution in [0.15, 0.2) is 42.5 Å². The molecule has 0 saturated carbocycles. The van der Waals surface area contributed by atoms with E-state index in [-0.39, 0.29) is 17.7 Å². The van der Waals surface area contributed by atoms with Gasteiger partial charge < -0.3 is 10.6 Å². The fourth-order valence-electron chi connectivity index (χ4n) is 2.68. The largest absolute Gasteiger partial charge is 0.340 e. The topological polar surface area (TPSA) is 58.2 Å². The van der Waals surface area contributed by atoms with Gasteiger partial charge in [0.1, 0.15) is 6.04 Å². The molecule has 2 rings (SSSR count). The molecule has 0 aliphatic carbocycles. The number of carbonyl (C=O) groups excluding carboxylic acids is 2. The third-order valence-corrected chi connectivity index (χ3v) is 4.49. The van der Waals surface area contributed by atoms with E-state index in [1.165, 1.54) is 0 Å². The number of carbonyl (C=O) groups is 2. The van der Waals surface area contributed by atoms with Gasteiger partial charge in [-0.05, 0) is 55.5 Å². The van der Waals surface area contributed by atoms with Crippen molar-refractivity contribution in [2.24, 2.45) is 5.92 Å². The fraction of sp³-hybridized carbons (Fsp3) is 0.333. The number of hydrogen-bond donors (Lipinski definition) is 2. The van der Waals surface area contributed by atoms with Crippen molar-refractivity contribution in [2.45, 2.75) is 40.7 Å². The first-order valence-corrected chi connectivity index (χ1v) is 8.54. The number of anilines is 1. The molecule has 0 heterocycles. The molecule has 0 saturated heterocycles. The minimum atomic E-state index is -0.605. The van der Waals surface area contributed by atoms with Crippen LogP contribution in [0, 0.1) is 26.7 Å². The Morgan fingerprint density at radius 3 is 2.16 bits per heavy atom. The first kappa shape index (κ1) is 18.7. The summed E-state index contributed by atoms with van der Waals surface area (Å²) in [5, 5.41) is 5.83. The van der Waals surface area contributed by atoms with Gasteiger partial charge in [0.05, 0.1) is 0 Å². The molecule has 2 N–H and O–H groups in total. The Kier molecular flexibility index (Phi) is 5.97. The Morgan fingerprint density at radius 2 is 1.52 bits per heavy atom. The molecule has 0 unspecified atom stereocenters. The highest BCUT2D eigenvalue weighted by molar-refractivity contribution is 6.02. The van der Waals surface area contributed by atoms with Gasteiger partial charge in [-0.15, -0.1) is 0 Å². The van der Waals surface area contributed by atoms with E-state index >= 15 is 0 Å². The summed E-state index contributed by atoms with van der Waals surface area (Å²) >= 11 is 0. The van der Waals surface area contributed by atoms with Crippen molar-refractivity contribution in [3.8, 4) is 0 Å². The number of benzene rings is 2. The van der Waals surface area contributed by atoms with Crippen molar-refractivity contribution < 1.29 is 9.59 Å². The van der Waals surface area contributed by atoms with Crippen molar-refractivity contribution in [3.05, 3.63) is 64.7 Å². The van der Waals surface area contributed by atoms with Crippen LogP contribution < -0.4 is 10.6 Å². The van der Waals surface area contributed by atoms with Crippen LogP contribution in [0.25, 0.3) is 0 Å². The maximum atomic E-state index is 12.7. The van der Waals surface area contributed by atoms with Gasteiger partial charge in [-0.2, -0.15) is 0 Å². The quantitative estimate of drug-likeness (QED) is 0.865. The molecular weight excluding hydrogens is 312 g/mol. The molecule has 4 heteroatoms. The maximum Gasteiger partial charge on any atom is 0.252 e. The van der Waals surface area contributed by atoms with Gasteiger partial charge in [-0.3, -0.25) is 9.59 Å². The lowest BCUT2D eigenvalue weighted by atomic mass is 10.0. The molecule has 0 aromatic heterocycles. The van der Waals surface area contributed by atoms with Crippen LogP contribution in [0.1, 0.15) is 40.9 Å². The summed E-state index contributed by atoms with van der Waals surface area (Å²) in [6, 6.07) is 12.5. The summed E-state index contributed by atoms with van der Waals surface area (Å²) in [5.41, 5.74) is 4.40. The van der Waals surface area contributed by atoms with E-state index < -0.39 is 6.04 Å². The van der Waals surface area contributed by atoms with E-state index in [2.05, 4.69) is 10.6 Å². The lowest BCUT2D eigenvalue weighted by Crippen LogP contribution is -2.47. The van der Waals surface area contributed by atoms with Crippen molar-refractivity contribution in [2.75, 3.05) is 5.32 Å². The van der Waals surface area contributed by atoms with Crippen molar-refractivity contribution in [1.82, 2.24) is 5.32 Å². The Morgan fingerprint density at radius 1 is 0.880 bits per heavy atom. The monoisotopic (exact) mass is 338 g/mol. The minimum absolute atomic E-state index is 0.0296. The summed E-state index contributed by atoms with van der Waals surface area (Å²) < 4.78 is 0. The van der Waals surface area contributed by atoms with Crippen LogP contribution in [0.2, 0.25) is 0 Å². The molecular formula is C21H26N2O2. The minimum Gasteiger partial charge on any atom is -0.340 e. The van der Waals surface area contributed by atoms with Gasteiger partial charge in [0.15, 0.2) is 0 Å². The molecule has 4 nitrogen and oxygen atoms in total. The second-order valence-corrected chi connectivity index (χ2v) is 6.75. The van der Waals surface area contributed by atoms with Gasteiger partial charge in [0, 0.05) is 11.3 Å². The Hall–Kier alpha value is -2.62. The molecule has 25 heavy (non-hydrogen) atoms. The van der Waals surface area contributed by atoms with E-state index in [9.17, 15) is 9.59 Å². The zero-order valence-electron chi connectivity index (χ0n) is 15.5. The third kappa shape index (κ3) is 4.47. The number of rotatable bonds is 5. The first-order valence-electron chi connectivity index (χ1n) is 8.54. The van der Waals surface area contributed by atoms with Crippen LogP contribution in [-0.2, 0) is 4.79 Å². The average molecular weight is 338 g/mol. The number of amides is 2. The Labute approximate surface area is 149 Å². The summed E-state index contributed by atoms with van der Waals surface area (Å²) in [7, 11) is 0. The number of hydrogen-bond acceptors (Lipinski definition) is 2. The molecule has 0 aliphatic rings. The standard InChI is InChI=1S/C21H26N2O2/c1-13(2)19(23-20(24)17-11-7-6-9-15(17)4)21(25)22-18-12-8-10-14(3)16(18)5/h6-13,19H,1-5H3,(H,22,25)(H,23,24)/t19-/m0/s1. The van der Waals surface area contributed by atoms with Crippen LogP contribution >= 0.6 is 0 Å². The van der Waals surface area contributed by atoms with Crippen molar-refractivity contribution in [3.63, 3.8) is 0 Å². The van der Waals surface area contributed by atoms with Crippen molar-refractivity contribution in [1.29, 1.82) is 0 Å². The van der Waals surface area contributed by atoms with E-state index in [4.69, 9.17) is 0 Å². The molecule has 0 aliphatic heterocycles. The number of aryl methyl sites for hydroxylation is 2. The van der Waals surface area contributed by atoms with Gasteiger partial charge >= 0.3 is 0 Å². The molecule has 1 atom stereocenters. The summed E-state index contributed by atoms with van der Waals surface area (Å²) in [6.45, 7) is 9.71. The van der Waals surface area contributed by atoms with Gasteiger partial charge in [0.2, 0.25) is 5.91 Å². The maximum absolute atomic E-state index is 12.7. The Bertz CT molecular complexity index is 781. The van der Waals surface area contributed by atoms with Crippen LogP contribution in [0.3, 0.4) is 0 Å². The normalized spacial score (nSPS) is 11.9. The summed E-state index contributed by atoms with van der Waals surface area (Å²) in [4.78, 5) is 25.3. The van der Waals surface area contributed by atoms with Gasteiger partial charge in [-0.25, -0.2) is 0 Å². The smallest absolute Gasteiger partial charge is 0.252 e. The fourth-order valence-corrected chi connectivity index (χ4v) is 2.68.